The molecule has 2 rings (SSSR count). The lowest BCUT2D eigenvalue weighted by atomic mass is 10.1. The van der Waals surface area contributed by atoms with Crippen molar-refractivity contribution in [3.8, 4) is 5.75 Å². The number of aromatic nitrogens is 2. The minimum atomic E-state index is 0. The van der Waals surface area contributed by atoms with Gasteiger partial charge in [-0.2, -0.15) is 5.10 Å². The number of halogens is 1. The van der Waals surface area contributed by atoms with Gasteiger partial charge in [-0.25, -0.2) is 0 Å². The third-order valence-electron chi connectivity index (χ3n) is 4.06. The van der Waals surface area contributed by atoms with Crippen molar-refractivity contribution in [3.05, 3.63) is 47.3 Å². The standard InChI is InChI=1S/C20H31N5O2.HI/c1-16-6-7-18(19(12-16)27-11-10-26-4)14-23-20(21-3)22-8-5-9-25-15-17(2)13-24-25;/h6-7,12-13,15H,5,8-11,14H2,1-4H3,(H2,21,22,23);1H. The van der Waals surface area contributed by atoms with Crippen LogP contribution in [0, 0.1) is 13.8 Å². The van der Waals surface area contributed by atoms with E-state index < -0.39 is 0 Å². The van der Waals surface area contributed by atoms with Gasteiger partial charge in [-0.3, -0.25) is 9.67 Å². The van der Waals surface area contributed by atoms with Gasteiger partial charge in [0.05, 0.1) is 12.8 Å². The summed E-state index contributed by atoms with van der Waals surface area (Å²) in [5.74, 6) is 1.65. The number of guanidine groups is 1. The maximum atomic E-state index is 5.84. The maximum absolute atomic E-state index is 5.84. The monoisotopic (exact) mass is 501 g/mol. The van der Waals surface area contributed by atoms with Gasteiger partial charge in [0.2, 0.25) is 0 Å². The van der Waals surface area contributed by atoms with Crippen molar-refractivity contribution >= 4 is 29.9 Å². The first-order valence-electron chi connectivity index (χ1n) is 9.27. The van der Waals surface area contributed by atoms with Gasteiger partial charge in [0.15, 0.2) is 5.96 Å². The number of aliphatic imine (C=N–C) groups is 1. The smallest absolute Gasteiger partial charge is 0.191 e. The number of methoxy groups -OCH3 is 1. The van der Waals surface area contributed by atoms with Crippen molar-refractivity contribution in [1.29, 1.82) is 0 Å². The molecule has 0 aliphatic carbocycles. The van der Waals surface area contributed by atoms with Gasteiger partial charge < -0.3 is 20.1 Å². The second-order valence-corrected chi connectivity index (χ2v) is 6.44. The lowest BCUT2D eigenvalue weighted by Gasteiger charge is -2.15. The molecule has 0 fully saturated rings. The molecule has 0 amide bonds. The summed E-state index contributed by atoms with van der Waals surface area (Å²) < 4.78 is 12.9. The second-order valence-electron chi connectivity index (χ2n) is 6.44. The molecular weight excluding hydrogens is 469 g/mol. The Balaban J connectivity index is 0.00000392. The molecule has 8 heteroatoms. The van der Waals surface area contributed by atoms with Crippen molar-refractivity contribution < 1.29 is 9.47 Å². The van der Waals surface area contributed by atoms with E-state index in [1.165, 1.54) is 11.1 Å². The van der Waals surface area contributed by atoms with Crippen LogP contribution in [0.1, 0.15) is 23.1 Å². The minimum absolute atomic E-state index is 0. The molecule has 0 aliphatic rings. The SMILES string of the molecule is CN=C(NCCCn1cc(C)cn1)NCc1ccc(C)cc1OCCOC.I. The third kappa shape index (κ3) is 8.47. The largest absolute Gasteiger partial charge is 0.491 e. The zero-order chi connectivity index (χ0) is 19.5. The molecule has 0 saturated carbocycles. The van der Waals surface area contributed by atoms with E-state index >= 15 is 0 Å². The Bertz CT molecular complexity index is 733. The molecule has 2 aromatic rings. The Morgan fingerprint density at radius 1 is 1.18 bits per heavy atom. The van der Waals surface area contributed by atoms with Gasteiger partial charge in [-0.15, -0.1) is 24.0 Å². The van der Waals surface area contributed by atoms with E-state index in [4.69, 9.17) is 9.47 Å². The fourth-order valence-corrected chi connectivity index (χ4v) is 2.61. The first-order chi connectivity index (χ1) is 13.1. The minimum Gasteiger partial charge on any atom is -0.491 e. The van der Waals surface area contributed by atoms with Crippen LogP contribution < -0.4 is 15.4 Å². The fraction of sp³-hybridized carbons (Fsp3) is 0.500. The number of hydrogen-bond acceptors (Lipinski definition) is 4. The summed E-state index contributed by atoms with van der Waals surface area (Å²) in [5, 5.41) is 11.0. The molecule has 28 heavy (non-hydrogen) atoms. The molecule has 0 saturated heterocycles. The molecule has 0 aliphatic heterocycles. The van der Waals surface area contributed by atoms with Gasteiger partial charge in [-0.05, 0) is 37.5 Å². The van der Waals surface area contributed by atoms with E-state index in [0.29, 0.717) is 19.8 Å². The number of benzene rings is 1. The fourth-order valence-electron chi connectivity index (χ4n) is 2.61. The zero-order valence-electron chi connectivity index (χ0n) is 17.2. The van der Waals surface area contributed by atoms with Gasteiger partial charge in [0.1, 0.15) is 12.4 Å². The molecule has 156 valence electrons. The molecule has 0 atom stereocenters. The number of ether oxygens (including phenoxy) is 2. The summed E-state index contributed by atoms with van der Waals surface area (Å²) in [4.78, 5) is 4.29. The summed E-state index contributed by atoms with van der Waals surface area (Å²) in [6, 6.07) is 6.22. The van der Waals surface area contributed by atoms with E-state index in [1.54, 1.807) is 14.2 Å². The molecule has 1 aromatic heterocycles. The van der Waals surface area contributed by atoms with Crippen molar-refractivity contribution in [2.24, 2.45) is 4.99 Å². The highest BCUT2D eigenvalue weighted by Crippen LogP contribution is 2.20. The van der Waals surface area contributed by atoms with Crippen LogP contribution in [0.3, 0.4) is 0 Å². The Morgan fingerprint density at radius 2 is 2.00 bits per heavy atom. The first-order valence-corrected chi connectivity index (χ1v) is 9.27. The Hall–Kier alpha value is -1.81. The summed E-state index contributed by atoms with van der Waals surface area (Å²) in [6.07, 6.45) is 4.90. The van der Waals surface area contributed by atoms with E-state index in [2.05, 4.69) is 52.0 Å². The number of nitrogens with zero attached hydrogens (tertiary/aromatic N) is 3. The van der Waals surface area contributed by atoms with Gasteiger partial charge >= 0.3 is 0 Å². The van der Waals surface area contributed by atoms with Crippen LogP contribution in [0.15, 0.2) is 35.6 Å². The van der Waals surface area contributed by atoms with Crippen LogP contribution >= 0.6 is 24.0 Å². The molecule has 0 spiro atoms. The predicted octanol–water partition coefficient (Wildman–Crippen LogP) is 2.90. The molecule has 1 aromatic carbocycles. The second kappa shape index (κ2) is 13.4. The summed E-state index contributed by atoms with van der Waals surface area (Å²) in [6.45, 7) is 7.55. The van der Waals surface area contributed by atoms with Crippen molar-refractivity contribution in [2.75, 3.05) is 33.9 Å². The van der Waals surface area contributed by atoms with Crippen LogP contribution in [0.5, 0.6) is 5.75 Å². The zero-order valence-corrected chi connectivity index (χ0v) is 19.5. The van der Waals surface area contributed by atoms with E-state index in [9.17, 15) is 0 Å². The normalized spacial score (nSPS) is 11.1. The van der Waals surface area contributed by atoms with Gasteiger partial charge in [0, 0.05) is 45.6 Å². The first kappa shape index (κ1) is 24.2. The lowest BCUT2D eigenvalue weighted by Crippen LogP contribution is -2.37. The van der Waals surface area contributed by atoms with Crippen molar-refractivity contribution in [2.45, 2.75) is 33.4 Å². The van der Waals surface area contributed by atoms with Crippen LogP contribution in [0.2, 0.25) is 0 Å². The van der Waals surface area contributed by atoms with Crippen molar-refractivity contribution in [1.82, 2.24) is 20.4 Å². The Morgan fingerprint density at radius 3 is 2.68 bits per heavy atom. The van der Waals surface area contributed by atoms with Crippen molar-refractivity contribution in [3.63, 3.8) is 0 Å². The highest BCUT2D eigenvalue weighted by molar-refractivity contribution is 14.0. The number of aryl methyl sites for hydroxylation is 3. The molecular formula is C20H32IN5O2. The molecule has 0 radical (unpaired) electrons. The van der Waals surface area contributed by atoms with E-state index in [-0.39, 0.29) is 24.0 Å². The van der Waals surface area contributed by atoms with E-state index in [0.717, 1.165) is 36.8 Å². The average molecular weight is 501 g/mol. The molecule has 7 nitrogen and oxygen atoms in total. The average Bonchev–Trinajstić information content (AvgIpc) is 3.08. The quantitative estimate of drug-likeness (QED) is 0.227. The van der Waals surface area contributed by atoms with Gasteiger partial charge in [0.25, 0.3) is 0 Å². The number of hydrogen-bond donors (Lipinski definition) is 2. The topological polar surface area (TPSA) is 72.7 Å². The summed E-state index contributed by atoms with van der Waals surface area (Å²) >= 11 is 0. The molecule has 1 heterocycles. The maximum Gasteiger partial charge on any atom is 0.191 e. The lowest BCUT2D eigenvalue weighted by molar-refractivity contribution is 0.145. The Labute approximate surface area is 184 Å². The van der Waals surface area contributed by atoms with E-state index in [1.807, 2.05) is 17.8 Å². The number of nitrogens with one attached hydrogen (secondary N) is 2. The predicted molar refractivity (Wildman–Crippen MR) is 124 cm³/mol. The van der Waals surface area contributed by atoms with Crippen LogP contribution in [0.4, 0.5) is 0 Å². The highest BCUT2D eigenvalue weighted by atomic mass is 127. The van der Waals surface area contributed by atoms with Gasteiger partial charge in [-0.1, -0.05) is 12.1 Å². The Kier molecular flexibility index (Phi) is 11.6. The number of rotatable bonds is 10. The summed E-state index contributed by atoms with van der Waals surface area (Å²) in [7, 11) is 3.45. The summed E-state index contributed by atoms with van der Waals surface area (Å²) in [5.41, 5.74) is 3.44. The van der Waals surface area contributed by atoms with Crippen LogP contribution in [-0.2, 0) is 17.8 Å². The van der Waals surface area contributed by atoms with Crippen LogP contribution in [0.25, 0.3) is 0 Å². The highest BCUT2D eigenvalue weighted by Gasteiger charge is 2.06. The third-order valence-corrected chi connectivity index (χ3v) is 4.06. The molecule has 0 bridgehead atoms. The molecule has 2 N–H and O–H groups in total. The molecule has 0 unspecified atom stereocenters. The van der Waals surface area contributed by atoms with Crippen LogP contribution in [-0.4, -0.2) is 49.7 Å².